The fourth-order valence-corrected chi connectivity index (χ4v) is 2.40. The molecule has 0 heterocycles. The molecule has 2 aromatic rings. The molecule has 0 saturated carbocycles. The van der Waals surface area contributed by atoms with Gasteiger partial charge in [0.05, 0.1) is 19.3 Å². The topological polar surface area (TPSA) is 102 Å². The molecule has 5 nitrogen and oxygen atoms in total. The van der Waals surface area contributed by atoms with Gasteiger partial charge in [-0.1, -0.05) is 12.1 Å². The summed E-state index contributed by atoms with van der Waals surface area (Å²) in [4.78, 5) is 0. The van der Waals surface area contributed by atoms with Crippen molar-refractivity contribution in [2.45, 2.75) is 19.4 Å². The molecule has 0 bridgehead atoms. The maximum atomic E-state index is 9.73. The van der Waals surface area contributed by atoms with Gasteiger partial charge in [-0.15, -0.1) is 0 Å². The molecule has 0 aromatic heterocycles. The zero-order valence-corrected chi connectivity index (χ0v) is 12.6. The van der Waals surface area contributed by atoms with Gasteiger partial charge in [-0.05, 0) is 47.9 Å². The van der Waals surface area contributed by atoms with E-state index in [2.05, 4.69) is 0 Å². The summed E-state index contributed by atoms with van der Waals surface area (Å²) in [6.45, 7) is 2.23. The number of aliphatic hydroxyl groups is 2. The third kappa shape index (κ3) is 3.69. The number of rotatable bonds is 6. The second kappa shape index (κ2) is 7.15. The van der Waals surface area contributed by atoms with Crippen LogP contribution in [0.5, 0.6) is 5.75 Å². The fourth-order valence-electron chi connectivity index (χ4n) is 2.40. The minimum Gasteiger partial charge on any atom is -0.494 e. The molecule has 1 atom stereocenters. The van der Waals surface area contributed by atoms with Gasteiger partial charge in [-0.2, -0.15) is 0 Å². The molecule has 6 N–H and O–H groups in total. The van der Waals surface area contributed by atoms with Crippen molar-refractivity contribution in [3.8, 4) is 16.9 Å². The molecule has 0 aliphatic carbocycles. The van der Waals surface area contributed by atoms with Gasteiger partial charge in [0.1, 0.15) is 5.75 Å². The second-order valence-electron chi connectivity index (χ2n) is 5.13. The smallest absolute Gasteiger partial charge is 0.119 e. The van der Waals surface area contributed by atoms with Crippen LogP contribution in [-0.2, 0) is 6.42 Å². The molecule has 0 spiro atoms. The predicted molar refractivity (Wildman–Crippen MR) is 88.7 cm³/mol. The van der Waals surface area contributed by atoms with Crippen molar-refractivity contribution >= 4 is 11.4 Å². The van der Waals surface area contributed by atoms with Crippen molar-refractivity contribution in [3.63, 3.8) is 0 Å². The second-order valence-corrected chi connectivity index (χ2v) is 5.13. The Bertz CT molecular complexity index is 627. The van der Waals surface area contributed by atoms with Crippen molar-refractivity contribution in [1.29, 1.82) is 0 Å². The van der Waals surface area contributed by atoms with E-state index < -0.39 is 6.10 Å². The molecule has 0 saturated heterocycles. The first kappa shape index (κ1) is 16.1. The summed E-state index contributed by atoms with van der Waals surface area (Å²) >= 11 is 0. The third-order valence-electron chi connectivity index (χ3n) is 3.43. The van der Waals surface area contributed by atoms with Crippen LogP contribution in [0.2, 0.25) is 0 Å². The first-order valence-electron chi connectivity index (χ1n) is 7.25. The number of aliphatic hydroxyl groups excluding tert-OH is 2. The van der Waals surface area contributed by atoms with Gasteiger partial charge < -0.3 is 26.4 Å². The van der Waals surface area contributed by atoms with Crippen molar-refractivity contribution in [2.75, 3.05) is 24.7 Å². The average molecular weight is 302 g/mol. The number of hydrogen-bond acceptors (Lipinski definition) is 5. The number of ether oxygens (including phenoxy) is 1. The van der Waals surface area contributed by atoms with Gasteiger partial charge in [0.25, 0.3) is 0 Å². The highest BCUT2D eigenvalue weighted by Gasteiger charge is 2.14. The largest absolute Gasteiger partial charge is 0.494 e. The van der Waals surface area contributed by atoms with Crippen molar-refractivity contribution in [2.24, 2.45) is 0 Å². The Morgan fingerprint density at radius 1 is 1.14 bits per heavy atom. The number of nitrogen functional groups attached to an aromatic ring is 2. The molecule has 0 fully saturated rings. The third-order valence-corrected chi connectivity index (χ3v) is 3.43. The highest BCUT2D eigenvalue weighted by atomic mass is 16.5. The van der Waals surface area contributed by atoms with Gasteiger partial charge in [0.2, 0.25) is 0 Å². The van der Waals surface area contributed by atoms with Crippen LogP contribution in [0, 0.1) is 0 Å². The molecule has 0 aliphatic heterocycles. The van der Waals surface area contributed by atoms with Crippen molar-refractivity contribution in [1.82, 2.24) is 0 Å². The van der Waals surface area contributed by atoms with Crippen LogP contribution in [0.4, 0.5) is 11.4 Å². The highest BCUT2D eigenvalue weighted by Crippen LogP contribution is 2.32. The summed E-state index contributed by atoms with van der Waals surface area (Å²) in [5.41, 5.74) is 15.6. The zero-order valence-electron chi connectivity index (χ0n) is 12.6. The number of anilines is 2. The molecular formula is C17H22N2O3. The fraction of sp³-hybridized carbons (Fsp3) is 0.294. The monoisotopic (exact) mass is 302 g/mol. The Morgan fingerprint density at radius 3 is 2.41 bits per heavy atom. The molecule has 0 amide bonds. The van der Waals surface area contributed by atoms with E-state index in [-0.39, 0.29) is 13.0 Å². The minimum absolute atomic E-state index is 0.269. The first-order chi connectivity index (χ1) is 10.5. The van der Waals surface area contributed by atoms with Crippen molar-refractivity contribution < 1.29 is 14.9 Å². The first-order valence-corrected chi connectivity index (χ1v) is 7.25. The molecule has 2 rings (SSSR count). The van der Waals surface area contributed by atoms with E-state index in [1.54, 1.807) is 6.07 Å². The summed E-state index contributed by atoms with van der Waals surface area (Å²) in [6, 6.07) is 11.1. The summed E-state index contributed by atoms with van der Waals surface area (Å²) in [7, 11) is 0. The van der Waals surface area contributed by atoms with Crippen molar-refractivity contribution in [3.05, 3.63) is 42.0 Å². The summed E-state index contributed by atoms with van der Waals surface area (Å²) in [6.07, 6.45) is -0.585. The Labute approximate surface area is 130 Å². The maximum Gasteiger partial charge on any atom is 0.119 e. The Morgan fingerprint density at radius 2 is 1.82 bits per heavy atom. The van der Waals surface area contributed by atoms with E-state index in [1.165, 1.54) is 0 Å². The van der Waals surface area contributed by atoms with Gasteiger partial charge in [-0.25, -0.2) is 0 Å². The number of hydrogen-bond donors (Lipinski definition) is 4. The van der Waals surface area contributed by atoms with E-state index in [0.29, 0.717) is 18.0 Å². The quantitative estimate of drug-likeness (QED) is 0.610. The van der Waals surface area contributed by atoms with Gasteiger partial charge in [-0.3, -0.25) is 0 Å². The van der Waals surface area contributed by atoms with E-state index in [1.807, 2.05) is 37.3 Å². The molecule has 1 unspecified atom stereocenters. The van der Waals surface area contributed by atoms with Crippen LogP contribution in [0.15, 0.2) is 36.4 Å². The van der Waals surface area contributed by atoms with Crippen LogP contribution in [0.25, 0.3) is 11.1 Å². The Hall–Kier alpha value is -2.24. The Balaban J connectivity index is 2.43. The highest BCUT2D eigenvalue weighted by molar-refractivity contribution is 5.77. The van der Waals surface area contributed by atoms with Crippen LogP contribution in [0.1, 0.15) is 12.5 Å². The summed E-state index contributed by atoms with van der Waals surface area (Å²) in [5.74, 6) is 0.792. The summed E-state index contributed by atoms with van der Waals surface area (Å²) in [5, 5.41) is 18.8. The van der Waals surface area contributed by atoms with E-state index in [4.69, 9.17) is 21.3 Å². The molecule has 118 valence electrons. The number of nitrogens with two attached hydrogens (primary N) is 2. The standard InChI is InChI=1S/C17H22N2O3/c1-2-22-14-5-3-11(4-6-14)15-7-12(18)8-17(19)16(15)9-13(21)10-20/h3-8,13,20-21H,2,9-10,18-19H2,1H3. The van der Waals surface area contributed by atoms with E-state index >= 15 is 0 Å². The lowest BCUT2D eigenvalue weighted by atomic mass is 9.93. The van der Waals surface area contributed by atoms with Gasteiger partial charge >= 0.3 is 0 Å². The lowest BCUT2D eigenvalue weighted by Gasteiger charge is -2.16. The van der Waals surface area contributed by atoms with Crippen LogP contribution >= 0.6 is 0 Å². The van der Waals surface area contributed by atoms with E-state index in [0.717, 1.165) is 22.4 Å². The predicted octanol–water partition coefficient (Wildman–Crippen LogP) is 1.81. The SMILES string of the molecule is CCOc1ccc(-c2cc(N)cc(N)c2CC(O)CO)cc1. The zero-order chi connectivity index (χ0) is 16.1. The molecular weight excluding hydrogens is 280 g/mol. The molecule has 2 aromatic carbocycles. The Kier molecular flexibility index (Phi) is 5.25. The van der Waals surface area contributed by atoms with Crippen LogP contribution in [0.3, 0.4) is 0 Å². The van der Waals surface area contributed by atoms with Crippen LogP contribution in [-0.4, -0.2) is 29.5 Å². The lowest BCUT2D eigenvalue weighted by Crippen LogP contribution is -2.17. The van der Waals surface area contributed by atoms with E-state index in [9.17, 15) is 5.11 Å². The molecule has 0 aliphatic rings. The molecule has 0 radical (unpaired) electrons. The lowest BCUT2D eigenvalue weighted by molar-refractivity contribution is 0.0957. The van der Waals surface area contributed by atoms with Gasteiger partial charge in [0.15, 0.2) is 0 Å². The molecule has 5 heteroatoms. The van der Waals surface area contributed by atoms with Gasteiger partial charge in [0, 0.05) is 17.8 Å². The maximum absolute atomic E-state index is 9.73. The summed E-state index contributed by atoms with van der Waals surface area (Å²) < 4.78 is 5.43. The normalized spacial score (nSPS) is 12.1. The minimum atomic E-state index is -0.854. The molecule has 22 heavy (non-hydrogen) atoms. The number of benzene rings is 2. The van der Waals surface area contributed by atoms with Crippen LogP contribution < -0.4 is 16.2 Å². The average Bonchev–Trinajstić information content (AvgIpc) is 2.50.